The first kappa shape index (κ1) is 14.2. The van der Waals surface area contributed by atoms with Crippen LogP contribution in [0.25, 0.3) is 0 Å². The number of aromatic nitrogens is 2. The highest BCUT2D eigenvalue weighted by Gasteiger charge is 2.12. The molecular formula is C14H12N4O3S. The van der Waals surface area contributed by atoms with E-state index >= 15 is 0 Å². The molecule has 3 rings (SSSR count). The molecule has 1 aliphatic heterocycles. The third-order valence-corrected chi connectivity index (χ3v) is 3.03. The van der Waals surface area contributed by atoms with E-state index in [1.165, 1.54) is 6.07 Å². The second-order valence-corrected chi connectivity index (χ2v) is 4.92. The highest BCUT2D eigenvalue weighted by Crippen LogP contribution is 2.31. The molecule has 0 fully saturated rings. The number of aryl methyl sites for hydroxylation is 1. The van der Waals surface area contributed by atoms with E-state index < -0.39 is 0 Å². The lowest BCUT2D eigenvalue weighted by atomic mass is 10.2. The van der Waals surface area contributed by atoms with Gasteiger partial charge in [-0.15, -0.1) is 0 Å². The van der Waals surface area contributed by atoms with E-state index in [-0.39, 0.29) is 23.4 Å². The summed E-state index contributed by atoms with van der Waals surface area (Å²) in [5.41, 5.74) is 1.16. The van der Waals surface area contributed by atoms with Crippen molar-refractivity contribution < 1.29 is 9.47 Å². The van der Waals surface area contributed by atoms with Crippen LogP contribution in [0.3, 0.4) is 0 Å². The van der Waals surface area contributed by atoms with Crippen LogP contribution < -0.4 is 20.3 Å². The zero-order valence-electron chi connectivity index (χ0n) is 11.6. The number of benzene rings is 1. The van der Waals surface area contributed by atoms with E-state index in [2.05, 4.69) is 20.3 Å². The van der Waals surface area contributed by atoms with Gasteiger partial charge < -0.3 is 14.8 Å². The summed E-state index contributed by atoms with van der Waals surface area (Å²) in [5.74, 6) is 1.64. The van der Waals surface area contributed by atoms with Crippen molar-refractivity contribution in [1.82, 2.24) is 9.97 Å². The molecule has 0 radical (unpaired) electrons. The van der Waals surface area contributed by atoms with Crippen LogP contribution in [0.4, 0.5) is 5.95 Å². The van der Waals surface area contributed by atoms with Gasteiger partial charge in [0.05, 0.1) is 0 Å². The maximum absolute atomic E-state index is 11.3. The molecule has 0 spiro atoms. The first-order valence-corrected chi connectivity index (χ1v) is 6.84. The van der Waals surface area contributed by atoms with Gasteiger partial charge in [0.25, 0.3) is 5.56 Å². The first-order valence-electron chi connectivity index (χ1n) is 6.43. The van der Waals surface area contributed by atoms with E-state index in [4.69, 9.17) is 21.7 Å². The molecular weight excluding hydrogens is 304 g/mol. The fourth-order valence-corrected chi connectivity index (χ4v) is 2.05. The van der Waals surface area contributed by atoms with Crippen LogP contribution in [0.15, 0.2) is 34.1 Å². The molecule has 0 bridgehead atoms. The zero-order chi connectivity index (χ0) is 15.5. The number of anilines is 1. The summed E-state index contributed by atoms with van der Waals surface area (Å²) in [7, 11) is 0. The molecule has 1 aromatic heterocycles. The molecule has 2 heterocycles. The number of hydrogen-bond acceptors (Lipinski definition) is 5. The Bertz CT molecular complexity index is 816. The van der Waals surface area contributed by atoms with Crippen molar-refractivity contribution in [2.45, 2.75) is 6.92 Å². The number of aromatic amines is 1. The molecule has 8 heteroatoms. The van der Waals surface area contributed by atoms with Gasteiger partial charge >= 0.3 is 0 Å². The Balaban J connectivity index is 1.69. The predicted molar refractivity (Wildman–Crippen MR) is 86.0 cm³/mol. The number of nitrogens with zero attached hydrogens (tertiary/aromatic N) is 2. The molecule has 0 aliphatic carbocycles. The molecule has 1 aliphatic rings. The lowest BCUT2D eigenvalue weighted by Gasteiger charge is -2.03. The number of H-pyrrole nitrogens is 1. The van der Waals surface area contributed by atoms with Gasteiger partial charge in [-0.05, 0) is 42.9 Å². The lowest BCUT2D eigenvalue weighted by molar-refractivity contribution is 0.174. The SMILES string of the molecule is Cc1cc(=O)[nH]c(NC(=S)N=Cc2ccc3c(c2)OCO3)n1. The van der Waals surface area contributed by atoms with Gasteiger partial charge in [-0.3, -0.25) is 9.78 Å². The maximum atomic E-state index is 11.3. The first-order chi connectivity index (χ1) is 10.6. The Labute approximate surface area is 131 Å². The fraction of sp³-hybridized carbons (Fsp3) is 0.143. The number of ether oxygens (including phenoxy) is 2. The summed E-state index contributed by atoms with van der Waals surface area (Å²) < 4.78 is 10.5. The van der Waals surface area contributed by atoms with Crippen LogP contribution in [-0.2, 0) is 0 Å². The van der Waals surface area contributed by atoms with Crippen LogP contribution in [0.5, 0.6) is 11.5 Å². The third-order valence-electron chi connectivity index (χ3n) is 2.82. The van der Waals surface area contributed by atoms with Crippen molar-refractivity contribution in [3.63, 3.8) is 0 Å². The smallest absolute Gasteiger partial charge is 0.252 e. The molecule has 22 heavy (non-hydrogen) atoms. The zero-order valence-corrected chi connectivity index (χ0v) is 12.4. The Morgan fingerprint density at radius 3 is 3.05 bits per heavy atom. The maximum Gasteiger partial charge on any atom is 0.252 e. The van der Waals surface area contributed by atoms with Gasteiger partial charge in [-0.1, -0.05) is 0 Å². The summed E-state index contributed by atoms with van der Waals surface area (Å²) in [6.07, 6.45) is 1.59. The van der Waals surface area contributed by atoms with Gasteiger partial charge in [0.1, 0.15) is 0 Å². The summed E-state index contributed by atoms with van der Waals surface area (Å²) in [6, 6.07) is 6.84. The van der Waals surface area contributed by atoms with E-state index in [1.54, 1.807) is 25.3 Å². The molecule has 112 valence electrons. The quantitative estimate of drug-likeness (QED) is 0.646. The third kappa shape index (κ3) is 3.29. The molecule has 0 atom stereocenters. The second kappa shape index (κ2) is 5.94. The summed E-state index contributed by atoms with van der Waals surface area (Å²) in [4.78, 5) is 22.1. The largest absolute Gasteiger partial charge is 0.454 e. The number of rotatable bonds is 2. The van der Waals surface area contributed by atoms with Gasteiger partial charge in [0.15, 0.2) is 16.6 Å². The molecule has 0 saturated carbocycles. The Hall–Kier alpha value is -2.74. The number of thiocarbonyl (C=S) groups is 1. The topological polar surface area (TPSA) is 88.6 Å². The van der Waals surface area contributed by atoms with E-state index in [9.17, 15) is 4.79 Å². The minimum absolute atomic E-state index is 0.186. The average molecular weight is 316 g/mol. The van der Waals surface area contributed by atoms with Crippen LogP contribution in [0.1, 0.15) is 11.3 Å². The van der Waals surface area contributed by atoms with Gasteiger partial charge in [-0.25, -0.2) is 9.98 Å². The van der Waals surface area contributed by atoms with Crippen LogP contribution in [-0.4, -0.2) is 28.1 Å². The highest BCUT2D eigenvalue weighted by atomic mass is 32.1. The second-order valence-electron chi connectivity index (χ2n) is 4.54. The van der Waals surface area contributed by atoms with Crippen LogP contribution in [0.2, 0.25) is 0 Å². The van der Waals surface area contributed by atoms with Crippen LogP contribution >= 0.6 is 12.2 Å². The average Bonchev–Trinajstić information content (AvgIpc) is 2.91. The lowest BCUT2D eigenvalue weighted by Crippen LogP contribution is -2.15. The number of fused-ring (bicyclic) bond motifs is 1. The van der Waals surface area contributed by atoms with Crippen molar-refractivity contribution in [3.05, 3.63) is 45.9 Å². The molecule has 2 aromatic rings. The Morgan fingerprint density at radius 2 is 2.23 bits per heavy atom. The predicted octanol–water partition coefficient (Wildman–Crippen LogP) is 1.62. The highest BCUT2D eigenvalue weighted by molar-refractivity contribution is 7.80. The van der Waals surface area contributed by atoms with Gasteiger partial charge in [-0.2, -0.15) is 0 Å². The van der Waals surface area contributed by atoms with Gasteiger partial charge in [0.2, 0.25) is 12.7 Å². The summed E-state index contributed by atoms with van der Waals surface area (Å²) in [6.45, 7) is 1.95. The molecule has 1 aromatic carbocycles. The normalized spacial score (nSPS) is 12.6. The minimum Gasteiger partial charge on any atom is -0.454 e. The minimum atomic E-state index is -0.252. The van der Waals surface area contributed by atoms with Crippen molar-refractivity contribution >= 4 is 29.5 Å². The van der Waals surface area contributed by atoms with E-state index in [0.29, 0.717) is 17.2 Å². The molecule has 0 unspecified atom stereocenters. The van der Waals surface area contributed by atoms with Crippen LogP contribution in [0, 0.1) is 6.92 Å². The number of nitrogens with one attached hydrogen (secondary N) is 2. The molecule has 2 N–H and O–H groups in total. The Morgan fingerprint density at radius 1 is 1.41 bits per heavy atom. The van der Waals surface area contributed by atoms with Crippen molar-refractivity contribution in [2.24, 2.45) is 4.99 Å². The monoisotopic (exact) mass is 316 g/mol. The summed E-state index contributed by atoms with van der Waals surface area (Å²) in [5, 5.41) is 2.94. The Kier molecular flexibility index (Phi) is 3.84. The molecule has 7 nitrogen and oxygen atoms in total. The molecule has 0 amide bonds. The fourth-order valence-electron chi connectivity index (χ4n) is 1.90. The van der Waals surface area contributed by atoms with Crippen molar-refractivity contribution in [2.75, 3.05) is 12.1 Å². The van der Waals surface area contributed by atoms with Crippen molar-refractivity contribution in [1.29, 1.82) is 0 Å². The van der Waals surface area contributed by atoms with E-state index in [1.807, 2.05) is 6.07 Å². The number of aliphatic imine (C=N–C) groups is 1. The van der Waals surface area contributed by atoms with Gasteiger partial charge in [0, 0.05) is 18.0 Å². The standard InChI is InChI=1S/C14H12N4O3S/c1-8-4-12(19)17-13(16-8)18-14(22)15-6-9-2-3-10-11(5-9)21-7-20-10/h2-6H,7H2,1H3,(H2,16,17,18,19,22). The molecule has 0 saturated heterocycles. The summed E-state index contributed by atoms with van der Waals surface area (Å²) >= 11 is 5.09. The number of hydrogen-bond donors (Lipinski definition) is 2. The van der Waals surface area contributed by atoms with E-state index in [0.717, 1.165) is 5.56 Å². The van der Waals surface area contributed by atoms with Crippen molar-refractivity contribution in [3.8, 4) is 11.5 Å².